The predicted molar refractivity (Wildman–Crippen MR) is 80.4 cm³/mol. The van der Waals surface area contributed by atoms with Crippen molar-refractivity contribution in [1.82, 2.24) is 10.2 Å². The second kappa shape index (κ2) is 7.61. The maximum absolute atomic E-state index is 5.79. The minimum Gasteiger partial charge on any atom is -0.380 e. The van der Waals surface area contributed by atoms with E-state index in [1.165, 1.54) is 38.8 Å². The van der Waals surface area contributed by atoms with Crippen LogP contribution in [0.25, 0.3) is 0 Å². The Morgan fingerprint density at radius 3 is 2.68 bits per heavy atom. The molecule has 1 heterocycles. The standard InChI is InChI=1S/C16H32N2O/c1-4-15-11-17-16(14-5-6-14)12-18(15)8-10-19-9-7-13(2)3/h13-17H,4-12H2,1-3H3. The molecule has 1 saturated carbocycles. The summed E-state index contributed by atoms with van der Waals surface area (Å²) in [6.07, 6.45) is 5.31. The summed E-state index contributed by atoms with van der Waals surface area (Å²) in [6.45, 7) is 12.2. The molecule has 2 fully saturated rings. The van der Waals surface area contributed by atoms with Gasteiger partial charge in [-0.05, 0) is 37.5 Å². The fourth-order valence-electron chi connectivity index (χ4n) is 2.98. The lowest BCUT2D eigenvalue weighted by Crippen LogP contribution is -2.57. The van der Waals surface area contributed by atoms with E-state index in [0.29, 0.717) is 6.04 Å². The Labute approximate surface area is 119 Å². The third-order valence-electron chi connectivity index (χ3n) is 4.59. The van der Waals surface area contributed by atoms with Gasteiger partial charge in [0.2, 0.25) is 0 Å². The molecule has 2 unspecified atom stereocenters. The van der Waals surface area contributed by atoms with Crippen molar-refractivity contribution in [1.29, 1.82) is 0 Å². The van der Waals surface area contributed by atoms with Gasteiger partial charge in [-0.3, -0.25) is 4.90 Å². The zero-order valence-electron chi connectivity index (χ0n) is 13.0. The largest absolute Gasteiger partial charge is 0.380 e. The van der Waals surface area contributed by atoms with E-state index in [4.69, 9.17) is 4.74 Å². The molecule has 3 heteroatoms. The molecule has 2 aliphatic rings. The predicted octanol–water partition coefficient (Wildman–Crippen LogP) is 2.51. The van der Waals surface area contributed by atoms with Crippen LogP contribution in [0.3, 0.4) is 0 Å². The molecule has 0 aromatic carbocycles. The summed E-state index contributed by atoms with van der Waals surface area (Å²) in [7, 11) is 0. The molecule has 0 bridgehead atoms. The first kappa shape index (κ1) is 15.3. The molecule has 1 N–H and O–H groups in total. The van der Waals surface area contributed by atoms with Crippen LogP contribution in [0.2, 0.25) is 0 Å². The summed E-state index contributed by atoms with van der Waals surface area (Å²) in [5.74, 6) is 1.71. The third-order valence-corrected chi connectivity index (χ3v) is 4.59. The van der Waals surface area contributed by atoms with E-state index in [2.05, 4.69) is 31.0 Å². The number of nitrogens with one attached hydrogen (secondary N) is 1. The molecule has 0 spiro atoms. The van der Waals surface area contributed by atoms with E-state index >= 15 is 0 Å². The average molecular weight is 268 g/mol. The van der Waals surface area contributed by atoms with Gasteiger partial charge in [0, 0.05) is 38.3 Å². The number of hydrogen-bond donors (Lipinski definition) is 1. The number of piperazine rings is 1. The van der Waals surface area contributed by atoms with Crippen molar-refractivity contribution in [3.05, 3.63) is 0 Å². The molecule has 2 rings (SSSR count). The summed E-state index contributed by atoms with van der Waals surface area (Å²) >= 11 is 0. The van der Waals surface area contributed by atoms with Crippen LogP contribution in [-0.2, 0) is 4.74 Å². The summed E-state index contributed by atoms with van der Waals surface area (Å²) in [5.41, 5.74) is 0. The molecule has 0 aromatic rings. The zero-order valence-corrected chi connectivity index (χ0v) is 13.0. The van der Waals surface area contributed by atoms with Gasteiger partial charge in [-0.2, -0.15) is 0 Å². The maximum Gasteiger partial charge on any atom is 0.0593 e. The van der Waals surface area contributed by atoms with Crippen molar-refractivity contribution in [2.75, 3.05) is 32.8 Å². The molecular weight excluding hydrogens is 236 g/mol. The van der Waals surface area contributed by atoms with Crippen LogP contribution in [0.5, 0.6) is 0 Å². The van der Waals surface area contributed by atoms with E-state index < -0.39 is 0 Å². The lowest BCUT2D eigenvalue weighted by atomic mass is 10.0. The van der Waals surface area contributed by atoms with Crippen LogP contribution in [0.1, 0.15) is 46.5 Å². The number of ether oxygens (including phenoxy) is 1. The zero-order chi connectivity index (χ0) is 13.7. The smallest absolute Gasteiger partial charge is 0.0593 e. The van der Waals surface area contributed by atoms with Gasteiger partial charge in [0.05, 0.1) is 6.61 Å². The first-order chi connectivity index (χ1) is 9.20. The van der Waals surface area contributed by atoms with Crippen molar-refractivity contribution in [2.45, 2.75) is 58.5 Å². The highest BCUT2D eigenvalue weighted by molar-refractivity contribution is 4.94. The molecular formula is C16H32N2O. The van der Waals surface area contributed by atoms with Crippen molar-refractivity contribution < 1.29 is 4.74 Å². The Bertz CT molecular complexity index is 253. The summed E-state index contributed by atoms with van der Waals surface area (Å²) < 4.78 is 5.79. The molecule has 2 atom stereocenters. The maximum atomic E-state index is 5.79. The first-order valence-corrected chi connectivity index (χ1v) is 8.25. The van der Waals surface area contributed by atoms with Gasteiger partial charge in [0.15, 0.2) is 0 Å². The number of nitrogens with zero attached hydrogens (tertiary/aromatic N) is 1. The molecule has 1 saturated heterocycles. The quantitative estimate of drug-likeness (QED) is 0.685. The molecule has 1 aliphatic carbocycles. The third kappa shape index (κ3) is 5.05. The molecule has 112 valence electrons. The Balaban J connectivity index is 1.66. The SMILES string of the molecule is CCC1CNC(C2CC2)CN1CCOCCC(C)C. The van der Waals surface area contributed by atoms with Gasteiger partial charge in [-0.15, -0.1) is 0 Å². The fourth-order valence-corrected chi connectivity index (χ4v) is 2.98. The van der Waals surface area contributed by atoms with Gasteiger partial charge >= 0.3 is 0 Å². The highest BCUT2D eigenvalue weighted by Crippen LogP contribution is 2.34. The second-order valence-corrected chi connectivity index (χ2v) is 6.70. The Kier molecular flexibility index (Phi) is 6.11. The monoisotopic (exact) mass is 268 g/mol. The topological polar surface area (TPSA) is 24.5 Å². The van der Waals surface area contributed by atoms with E-state index in [1.807, 2.05) is 0 Å². The molecule has 0 aromatic heterocycles. The summed E-state index contributed by atoms with van der Waals surface area (Å²) in [4.78, 5) is 2.66. The molecule has 0 radical (unpaired) electrons. The average Bonchev–Trinajstić information content (AvgIpc) is 3.22. The van der Waals surface area contributed by atoms with Gasteiger partial charge < -0.3 is 10.1 Å². The Morgan fingerprint density at radius 2 is 2.05 bits per heavy atom. The highest BCUT2D eigenvalue weighted by Gasteiger charge is 2.36. The molecule has 1 aliphatic heterocycles. The lowest BCUT2D eigenvalue weighted by molar-refractivity contribution is 0.0576. The summed E-state index contributed by atoms with van der Waals surface area (Å²) in [5, 5.41) is 3.75. The van der Waals surface area contributed by atoms with Crippen molar-refractivity contribution in [3.63, 3.8) is 0 Å². The van der Waals surface area contributed by atoms with E-state index in [0.717, 1.165) is 37.6 Å². The number of hydrogen-bond acceptors (Lipinski definition) is 3. The van der Waals surface area contributed by atoms with Crippen LogP contribution >= 0.6 is 0 Å². The van der Waals surface area contributed by atoms with Crippen LogP contribution in [0.4, 0.5) is 0 Å². The van der Waals surface area contributed by atoms with Gasteiger partial charge in [0.1, 0.15) is 0 Å². The van der Waals surface area contributed by atoms with Gasteiger partial charge in [-0.25, -0.2) is 0 Å². The van der Waals surface area contributed by atoms with Crippen LogP contribution < -0.4 is 5.32 Å². The van der Waals surface area contributed by atoms with Crippen LogP contribution in [0, 0.1) is 11.8 Å². The molecule has 19 heavy (non-hydrogen) atoms. The van der Waals surface area contributed by atoms with Crippen molar-refractivity contribution in [3.8, 4) is 0 Å². The first-order valence-electron chi connectivity index (χ1n) is 8.25. The lowest BCUT2D eigenvalue weighted by Gasteiger charge is -2.40. The second-order valence-electron chi connectivity index (χ2n) is 6.70. The summed E-state index contributed by atoms with van der Waals surface area (Å²) in [6, 6.07) is 1.46. The molecule has 3 nitrogen and oxygen atoms in total. The minimum atomic E-state index is 0.712. The van der Waals surface area contributed by atoms with Gasteiger partial charge in [-0.1, -0.05) is 20.8 Å². The van der Waals surface area contributed by atoms with Gasteiger partial charge in [0.25, 0.3) is 0 Å². The van der Waals surface area contributed by atoms with Crippen molar-refractivity contribution in [2.24, 2.45) is 11.8 Å². The van der Waals surface area contributed by atoms with E-state index in [-0.39, 0.29) is 0 Å². The van der Waals surface area contributed by atoms with Crippen LogP contribution in [0.15, 0.2) is 0 Å². The fraction of sp³-hybridized carbons (Fsp3) is 1.00. The highest BCUT2D eigenvalue weighted by atomic mass is 16.5. The minimum absolute atomic E-state index is 0.712. The molecule has 0 amide bonds. The normalized spacial score (nSPS) is 29.1. The van der Waals surface area contributed by atoms with E-state index in [1.54, 1.807) is 0 Å². The Morgan fingerprint density at radius 1 is 1.26 bits per heavy atom. The van der Waals surface area contributed by atoms with E-state index in [9.17, 15) is 0 Å². The Hall–Kier alpha value is -0.120. The van der Waals surface area contributed by atoms with Crippen molar-refractivity contribution >= 4 is 0 Å². The van der Waals surface area contributed by atoms with Crippen LogP contribution in [-0.4, -0.2) is 49.8 Å². The number of rotatable bonds is 8.